The first-order valence-corrected chi connectivity index (χ1v) is 15.9. The standard InChI is InChI=1S/C36H39N5O4/c42-33-27-13-1-9-25-10-2-14-28(31(25)27)34(43)40(33)23-7-21-38-19-5-17-37-18-6-20-39-22-8-24-41-35(44)29-15-3-11-26-12-4-16-30(32(26)29)36(41)45/h1-4,9-16,37-39H,5-8,17-24H2. The molecule has 0 saturated heterocycles. The third-order valence-electron chi connectivity index (χ3n) is 8.60. The molecule has 0 aromatic heterocycles. The quantitative estimate of drug-likeness (QED) is 0.130. The van der Waals surface area contributed by atoms with Gasteiger partial charge in [-0.05, 0) is 100.0 Å². The molecule has 9 heteroatoms. The fraction of sp³-hybridized carbons (Fsp3) is 0.333. The van der Waals surface area contributed by atoms with E-state index in [2.05, 4.69) is 16.0 Å². The van der Waals surface area contributed by atoms with Crippen molar-refractivity contribution in [1.29, 1.82) is 0 Å². The van der Waals surface area contributed by atoms with Crippen LogP contribution in [-0.2, 0) is 0 Å². The molecule has 0 atom stereocenters. The minimum atomic E-state index is -0.209. The lowest BCUT2D eigenvalue weighted by Gasteiger charge is -2.27. The number of benzene rings is 4. The fourth-order valence-electron chi connectivity index (χ4n) is 6.34. The van der Waals surface area contributed by atoms with Gasteiger partial charge in [-0.25, -0.2) is 0 Å². The highest BCUT2D eigenvalue weighted by molar-refractivity contribution is 6.26. The lowest BCUT2D eigenvalue weighted by Crippen LogP contribution is -2.41. The molecule has 9 nitrogen and oxygen atoms in total. The van der Waals surface area contributed by atoms with Crippen LogP contribution in [0.2, 0.25) is 0 Å². The third kappa shape index (κ3) is 6.38. The van der Waals surface area contributed by atoms with Gasteiger partial charge in [0.25, 0.3) is 23.6 Å². The molecule has 0 bridgehead atoms. The van der Waals surface area contributed by atoms with Crippen molar-refractivity contribution in [2.45, 2.75) is 25.7 Å². The van der Waals surface area contributed by atoms with Crippen molar-refractivity contribution in [1.82, 2.24) is 25.8 Å². The minimum Gasteiger partial charge on any atom is -0.317 e. The van der Waals surface area contributed by atoms with Crippen LogP contribution in [0.25, 0.3) is 21.5 Å². The van der Waals surface area contributed by atoms with Gasteiger partial charge in [-0.15, -0.1) is 0 Å². The molecule has 232 valence electrons. The van der Waals surface area contributed by atoms with Crippen LogP contribution < -0.4 is 16.0 Å². The highest BCUT2D eigenvalue weighted by Crippen LogP contribution is 2.31. The van der Waals surface area contributed by atoms with Crippen molar-refractivity contribution >= 4 is 45.2 Å². The summed E-state index contributed by atoms with van der Waals surface area (Å²) < 4.78 is 0. The Hall–Kier alpha value is -4.44. The molecule has 2 aliphatic heterocycles. The maximum atomic E-state index is 13.0. The molecule has 0 radical (unpaired) electrons. The first-order chi connectivity index (χ1) is 22.1. The number of amides is 4. The van der Waals surface area contributed by atoms with Gasteiger partial charge in [-0.3, -0.25) is 29.0 Å². The Labute approximate surface area is 262 Å². The van der Waals surface area contributed by atoms with Crippen LogP contribution in [0.1, 0.15) is 67.1 Å². The molecule has 45 heavy (non-hydrogen) atoms. The summed E-state index contributed by atoms with van der Waals surface area (Å²) in [5.41, 5.74) is 2.42. The number of rotatable bonds is 16. The molecule has 0 saturated carbocycles. The summed E-state index contributed by atoms with van der Waals surface area (Å²) in [4.78, 5) is 54.7. The van der Waals surface area contributed by atoms with E-state index in [1.807, 2.05) is 48.5 Å². The number of carbonyl (C=O) groups excluding carboxylic acids is 4. The van der Waals surface area contributed by atoms with Crippen LogP contribution in [0.15, 0.2) is 72.8 Å². The first-order valence-electron chi connectivity index (χ1n) is 15.9. The highest BCUT2D eigenvalue weighted by Gasteiger charge is 2.33. The van der Waals surface area contributed by atoms with E-state index in [1.54, 1.807) is 24.3 Å². The number of nitrogens with zero attached hydrogens (tertiary/aromatic N) is 2. The van der Waals surface area contributed by atoms with E-state index < -0.39 is 0 Å². The van der Waals surface area contributed by atoms with Gasteiger partial charge in [0.1, 0.15) is 0 Å². The van der Waals surface area contributed by atoms with Gasteiger partial charge in [-0.1, -0.05) is 48.5 Å². The van der Waals surface area contributed by atoms with Crippen LogP contribution in [0.4, 0.5) is 0 Å². The van der Waals surface area contributed by atoms with E-state index >= 15 is 0 Å². The lowest BCUT2D eigenvalue weighted by atomic mass is 9.94. The second kappa shape index (κ2) is 14.1. The molecule has 0 unspecified atom stereocenters. The van der Waals surface area contributed by atoms with Crippen LogP contribution in [0.3, 0.4) is 0 Å². The van der Waals surface area contributed by atoms with Gasteiger partial charge in [-0.2, -0.15) is 0 Å². The van der Waals surface area contributed by atoms with Gasteiger partial charge in [0.2, 0.25) is 0 Å². The number of hydrogen-bond acceptors (Lipinski definition) is 7. The number of nitrogens with one attached hydrogen (secondary N) is 3. The molecular formula is C36H39N5O4. The van der Waals surface area contributed by atoms with Gasteiger partial charge in [0.15, 0.2) is 0 Å². The van der Waals surface area contributed by atoms with Crippen LogP contribution in [0.5, 0.6) is 0 Å². The normalized spacial score (nSPS) is 14.3. The number of carbonyl (C=O) groups is 4. The van der Waals surface area contributed by atoms with E-state index in [4.69, 9.17) is 0 Å². The number of hydrogen-bond donors (Lipinski definition) is 3. The maximum absolute atomic E-state index is 13.0. The Morgan fingerprint density at radius 3 is 1.00 bits per heavy atom. The van der Waals surface area contributed by atoms with E-state index in [0.29, 0.717) is 48.2 Å². The second-order valence-corrected chi connectivity index (χ2v) is 11.6. The topological polar surface area (TPSA) is 111 Å². The SMILES string of the molecule is O=C1c2cccc3cccc(c23)C(=O)N1CCCNCCCNCCCNCCCN1C(=O)c2cccc3cccc(c23)C1=O. The zero-order valence-electron chi connectivity index (χ0n) is 25.4. The van der Waals surface area contributed by atoms with E-state index in [-0.39, 0.29) is 23.6 Å². The van der Waals surface area contributed by atoms with Crippen molar-refractivity contribution in [2.24, 2.45) is 0 Å². The van der Waals surface area contributed by atoms with Crippen LogP contribution >= 0.6 is 0 Å². The zero-order chi connectivity index (χ0) is 31.2. The minimum absolute atomic E-state index is 0.209. The molecule has 6 rings (SSSR count). The molecule has 3 N–H and O–H groups in total. The molecule has 2 heterocycles. The summed E-state index contributed by atoms with van der Waals surface area (Å²) in [5.74, 6) is -0.836. The van der Waals surface area contributed by atoms with E-state index in [9.17, 15) is 19.2 Å². The third-order valence-corrected chi connectivity index (χ3v) is 8.60. The van der Waals surface area contributed by atoms with Crippen molar-refractivity contribution < 1.29 is 19.2 Å². The molecule has 2 aliphatic rings. The summed E-state index contributed by atoms with van der Waals surface area (Å²) in [6.07, 6.45) is 3.38. The van der Waals surface area contributed by atoms with Crippen LogP contribution in [0, 0.1) is 0 Å². The van der Waals surface area contributed by atoms with Crippen molar-refractivity contribution in [3.05, 3.63) is 95.1 Å². The molecule has 0 aliphatic carbocycles. The summed E-state index contributed by atoms with van der Waals surface area (Å²) in [6, 6.07) is 22.4. The first kappa shape index (κ1) is 30.6. The Balaban J connectivity index is 0.790. The van der Waals surface area contributed by atoms with Gasteiger partial charge < -0.3 is 16.0 Å². The largest absolute Gasteiger partial charge is 0.317 e. The van der Waals surface area contributed by atoms with Crippen molar-refractivity contribution in [3.8, 4) is 0 Å². The molecule has 4 aromatic carbocycles. The second-order valence-electron chi connectivity index (χ2n) is 11.6. The summed E-state index contributed by atoms with van der Waals surface area (Å²) in [5, 5.41) is 13.6. The molecule has 0 spiro atoms. The average Bonchev–Trinajstić information content (AvgIpc) is 3.06. The van der Waals surface area contributed by atoms with Gasteiger partial charge >= 0.3 is 0 Å². The fourth-order valence-corrected chi connectivity index (χ4v) is 6.34. The smallest absolute Gasteiger partial charge is 0.261 e. The Kier molecular flexibility index (Phi) is 9.59. The zero-order valence-corrected chi connectivity index (χ0v) is 25.4. The molecular weight excluding hydrogens is 566 g/mol. The predicted octanol–water partition coefficient (Wildman–Crippen LogP) is 4.21. The molecule has 4 aromatic rings. The highest BCUT2D eigenvalue weighted by atomic mass is 16.2. The summed E-state index contributed by atoms with van der Waals surface area (Å²) >= 11 is 0. The summed E-state index contributed by atoms with van der Waals surface area (Å²) in [6.45, 7) is 5.82. The summed E-state index contributed by atoms with van der Waals surface area (Å²) in [7, 11) is 0. The lowest BCUT2D eigenvalue weighted by molar-refractivity contribution is 0.0593. The number of imide groups is 2. The van der Waals surface area contributed by atoms with E-state index in [0.717, 1.165) is 73.7 Å². The Bertz CT molecular complexity index is 1520. The molecule has 4 amide bonds. The Morgan fingerprint density at radius 1 is 0.400 bits per heavy atom. The Morgan fingerprint density at radius 2 is 0.689 bits per heavy atom. The van der Waals surface area contributed by atoms with Crippen LogP contribution in [-0.4, -0.2) is 85.8 Å². The van der Waals surface area contributed by atoms with Gasteiger partial charge in [0, 0.05) is 46.1 Å². The monoisotopic (exact) mass is 605 g/mol. The maximum Gasteiger partial charge on any atom is 0.261 e. The predicted molar refractivity (Wildman–Crippen MR) is 176 cm³/mol. The van der Waals surface area contributed by atoms with Crippen molar-refractivity contribution in [2.75, 3.05) is 52.4 Å². The van der Waals surface area contributed by atoms with Crippen molar-refractivity contribution in [3.63, 3.8) is 0 Å². The molecule has 0 fully saturated rings. The average molecular weight is 606 g/mol. The van der Waals surface area contributed by atoms with Gasteiger partial charge in [0.05, 0.1) is 0 Å². The van der Waals surface area contributed by atoms with E-state index in [1.165, 1.54) is 9.80 Å².